The number of hydrogen-bond donors (Lipinski definition) is 2. The summed E-state index contributed by atoms with van der Waals surface area (Å²) < 4.78 is 4.97. The van der Waals surface area contributed by atoms with E-state index in [0.29, 0.717) is 5.56 Å². The van der Waals surface area contributed by atoms with Crippen LogP contribution in [-0.4, -0.2) is 29.6 Å². The Balaban J connectivity index is 2.10. The maximum Gasteiger partial charge on any atom is 0.331 e. The summed E-state index contributed by atoms with van der Waals surface area (Å²) in [5.41, 5.74) is 0.543. The summed E-state index contributed by atoms with van der Waals surface area (Å²) >= 11 is 1.46. The molecule has 2 N–H and O–H groups in total. The number of nitrogens with one attached hydrogen (secondary N) is 1. The maximum atomic E-state index is 12.1. The number of esters is 1. The first-order valence-electron chi connectivity index (χ1n) is 7.33. The van der Waals surface area contributed by atoms with Gasteiger partial charge in [-0.15, -0.1) is 11.3 Å². The number of aliphatic hydroxyl groups is 1. The number of amides is 1. The molecular weight excluding hydrogens is 314 g/mol. The minimum Gasteiger partial charge on any atom is -0.464 e. The van der Waals surface area contributed by atoms with Crippen molar-refractivity contribution in [2.75, 3.05) is 6.61 Å². The van der Waals surface area contributed by atoms with Gasteiger partial charge in [0.15, 0.2) is 6.04 Å². The molecule has 0 radical (unpaired) electrons. The van der Waals surface area contributed by atoms with E-state index in [1.807, 2.05) is 23.6 Å². The molecule has 2 atom stereocenters. The van der Waals surface area contributed by atoms with Crippen LogP contribution in [0, 0.1) is 0 Å². The molecular formula is C17H19NO4S. The van der Waals surface area contributed by atoms with E-state index in [1.165, 1.54) is 11.3 Å². The smallest absolute Gasteiger partial charge is 0.331 e. The first-order valence-corrected chi connectivity index (χ1v) is 8.21. The quantitative estimate of drug-likeness (QED) is 0.761. The second-order valence-electron chi connectivity index (χ2n) is 4.91. The van der Waals surface area contributed by atoms with Crippen molar-refractivity contribution in [3.8, 4) is 0 Å². The second kappa shape index (κ2) is 8.45. The van der Waals surface area contributed by atoms with Crippen LogP contribution in [0.5, 0.6) is 0 Å². The first-order chi connectivity index (χ1) is 11.1. The van der Waals surface area contributed by atoms with E-state index in [1.54, 1.807) is 31.2 Å². The standard InChI is InChI=1S/C17H19NO4S/c1-2-22-17(21)15(16(20)12-7-4-3-5-8-12)18-14(19)11-13-9-6-10-23-13/h3-10,15-16,20H,2,11H2,1H3,(H,18,19). The molecule has 0 aliphatic rings. The highest BCUT2D eigenvalue weighted by atomic mass is 32.1. The van der Waals surface area contributed by atoms with Gasteiger partial charge in [0, 0.05) is 4.88 Å². The van der Waals surface area contributed by atoms with Gasteiger partial charge in [-0.25, -0.2) is 4.79 Å². The highest BCUT2D eigenvalue weighted by Gasteiger charge is 2.30. The molecule has 5 nitrogen and oxygen atoms in total. The molecule has 0 saturated carbocycles. The molecule has 1 aromatic heterocycles. The van der Waals surface area contributed by atoms with E-state index < -0.39 is 18.1 Å². The van der Waals surface area contributed by atoms with Crippen molar-refractivity contribution >= 4 is 23.2 Å². The summed E-state index contributed by atoms with van der Waals surface area (Å²) in [6.07, 6.45) is -1.00. The summed E-state index contributed by atoms with van der Waals surface area (Å²) in [7, 11) is 0. The van der Waals surface area contributed by atoms with Crippen molar-refractivity contribution in [1.29, 1.82) is 0 Å². The Morgan fingerprint density at radius 3 is 2.57 bits per heavy atom. The Morgan fingerprint density at radius 1 is 1.22 bits per heavy atom. The van der Waals surface area contributed by atoms with E-state index in [0.717, 1.165) is 4.88 Å². The molecule has 0 fully saturated rings. The SMILES string of the molecule is CCOC(=O)C(NC(=O)Cc1cccs1)C(O)c1ccccc1. The third kappa shape index (κ3) is 4.91. The summed E-state index contributed by atoms with van der Waals surface area (Å²) in [6.45, 7) is 1.86. The molecule has 0 bridgehead atoms. The van der Waals surface area contributed by atoms with E-state index in [-0.39, 0.29) is 18.9 Å². The van der Waals surface area contributed by atoms with E-state index in [4.69, 9.17) is 4.74 Å². The van der Waals surface area contributed by atoms with Crippen LogP contribution in [-0.2, 0) is 20.7 Å². The number of rotatable bonds is 7. The minimum absolute atomic E-state index is 0.162. The fourth-order valence-corrected chi connectivity index (χ4v) is 2.84. The topological polar surface area (TPSA) is 75.6 Å². The summed E-state index contributed by atoms with van der Waals surface area (Å²) in [5.74, 6) is -0.983. The first kappa shape index (κ1) is 17.2. The van der Waals surface area contributed by atoms with Gasteiger partial charge in [-0.2, -0.15) is 0 Å². The zero-order chi connectivity index (χ0) is 16.7. The molecule has 1 amide bonds. The summed E-state index contributed by atoms with van der Waals surface area (Å²) in [4.78, 5) is 25.1. The molecule has 2 unspecified atom stereocenters. The van der Waals surface area contributed by atoms with Crippen LogP contribution in [0.3, 0.4) is 0 Å². The molecule has 0 saturated heterocycles. The van der Waals surface area contributed by atoms with Gasteiger partial charge in [0.25, 0.3) is 0 Å². The van der Waals surface area contributed by atoms with E-state index in [9.17, 15) is 14.7 Å². The van der Waals surface area contributed by atoms with Gasteiger partial charge < -0.3 is 15.2 Å². The zero-order valence-corrected chi connectivity index (χ0v) is 13.6. The fourth-order valence-electron chi connectivity index (χ4n) is 2.14. The van der Waals surface area contributed by atoms with Gasteiger partial charge in [-0.3, -0.25) is 4.79 Å². The fraction of sp³-hybridized carbons (Fsp3) is 0.294. The van der Waals surface area contributed by atoms with Crippen LogP contribution in [0.1, 0.15) is 23.5 Å². The zero-order valence-electron chi connectivity index (χ0n) is 12.8. The lowest BCUT2D eigenvalue weighted by molar-refractivity contribution is -0.150. The van der Waals surface area contributed by atoms with Crippen LogP contribution < -0.4 is 5.32 Å². The third-order valence-corrected chi connectivity index (χ3v) is 4.11. The molecule has 23 heavy (non-hydrogen) atoms. The predicted octanol–water partition coefficient (Wildman–Crippen LogP) is 2.07. The number of carbonyl (C=O) groups excluding carboxylic acids is 2. The lowest BCUT2D eigenvalue weighted by Gasteiger charge is -2.22. The van der Waals surface area contributed by atoms with E-state index in [2.05, 4.69) is 5.32 Å². The van der Waals surface area contributed by atoms with Crippen molar-refractivity contribution in [3.63, 3.8) is 0 Å². The van der Waals surface area contributed by atoms with Crippen LogP contribution in [0.4, 0.5) is 0 Å². The van der Waals surface area contributed by atoms with Gasteiger partial charge >= 0.3 is 5.97 Å². The number of ether oxygens (including phenoxy) is 1. The highest BCUT2D eigenvalue weighted by Crippen LogP contribution is 2.18. The van der Waals surface area contributed by atoms with Gasteiger partial charge in [-0.05, 0) is 23.9 Å². The van der Waals surface area contributed by atoms with Gasteiger partial charge in [0.05, 0.1) is 13.0 Å². The Hall–Kier alpha value is -2.18. The van der Waals surface area contributed by atoms with E-state index >= 15 is 0 Å². The van der Waals surface area contributed by atoms with Crippen molar-refractivity contribution in [3.05, 3.63) is 58.3 Å². The van der Waals surface area contributed by atoms with Crippen molar-refractivity contribution in [1.82, 2.24) is 5.32 Å². The Kier molecular flexibility index (Phi) is 6.31. The van der Waals surface area contributed by atoms with Crippen molar-refractivity contribution < 1.29 is 19.4 Å². The van der Waals surface area contributed by atoms with Crippen LogP contribution in [0.25, 0.3) is 0 Å². The number of thiophene rings is 1. The Labute approximate surface area is 138 Å². The Bertz CT molecular complexity index is 627. The van der Waals surface area contributed by atoms with Gasteiger partial charge in [-0.1, -0.05) is 36.4 Å². The van der Waals surface area contributed by atoms with Crippen LogP contribution >= 0.6 is 11.3 Å². The Morgan fingerprint density at radius 2 is 1.96 bits per heavy atom. The van der Waals surface area contributed by atoms with Crippen molar-refractivity contribution in [2.45, 2.75) is 25.5 Å². The largest absolute Gasteiger partial charge is 0.464 e. The second-order valence-corrected chi connectivity index (χ2v) is 5.94. The number of benzene rings is 1. The molecule has 2 aromatic rings. The van der Waals surface area contributed by atoms with Crippen LogP contribution in [0.2, 0.25) is 0 Å². The predicted molar refractivity (Wildman–Crippen MR) is 88.0 cm³/mol. The highest BCUT2D eigenvalue weighted by molar-refractivity contribution is 7.10. The molecule has 0 spiro atoms. The summed E-state index contributed by atoms with van der Waals surface area (Å²) in [6, 6.07) is 11.3. The van der Waals surface area contributed by atoms with Gasteiger partial charge in [0.1, 0.15) is 6.10 Å². The lowest BCUT2D eigenvalue weighted by atomic mass is 10.0. The molecule has 0 aliphatic heterocycles. The number of carbonyl (C=O) groups is 2. The normalized spacial score (nSPS) is 13.1. The van der Waals surface area contributed by atoms with Crippen LogP contribution in [0.15, 0.2) is 47.8 Å². The molecule has 0 aliphatic carbocycles. The number of aliphatic hydroxyl groups excluding tert-OH is 1. The average Bonchev–Trinajstić information content (AvgIpc) is 3.06. The third-order valence-electron chi connectivity index (χ3n) is 3.23. The molecule has 2 rings (SSSR count). The number of hydrogen-bond acceptors (Lipinski definition) is 5. The molecule has 122 valence electrons. The lowest BCUT2D eigenvalue weighted by Crippen LogP contribution is -2.46. The molecule has 6 heteroatoms. The summed E-state index contributed by atoms with van der Waals surface area (Å²) in [5, 5.41) is 14.9. The average molecular weight is 333 g/mol. The maximum absolute atomic E-state index is 12.1. The molecule has 1 heterocycles. The van der Waals surface area contributed by atoms with Crippen molar-refractivity contribution in [2.24, 2.45) is 0 Å². The van der Waals surface area contributed by atoms with Gasteiger partial charge in [0.2, 0.25) is 5.91 Å². The monoisotopic (exact) mass is 333 g/mol. The minimum atomic E-state index is -1.16. The molecule has 1 aromatic carbocycles.